The number of alkyl halides is 1. The van der Waals surface area contributed by atoms with E-state index >= 15 is 0 Å². The van der Waals surface area contributed by atoms with E-state index in [1.165, 1.54) is 37.6 Å². The van der Waals surface area contributed by atoms with Crippen molar-refractivity contribution in [3.8, 4) is 0 Å². The molecular weight excluding hydrogens is 268 g/mol. The third kappa shape index (κ3) is 2.58. The van der Waals surface area contributed by atoms with Gasteiger partial charge in [-0.05, 0) is 37.3 Å². The molecule has 108 valence electrons. The molecule has 20 heavy (non-hydrogen) atoms. The second-order valence-corrected chi connectivity index (χ2v) is 7.19. The van der Waals surface area contributed by atoms with Crippen molar-refractivity contribution < 1.29 is 0 Å². The first-order valence-corrected chi connectivity index (χ1v) is 8.12. The van der Waals surface area contributed by atoms with Crippen molar-refractivity contribution in [3.05, 3.63) is 30.1 Å². The van der Waals surface area contributed by atoms with E-state index in [9.17, 15) is 0 Å². The maximum atomic E-state index is 6.36. The van der Waals surface area contributed by atoms with Crippen molar-refractivity contribution in [1.29, 1.82) is 0 Å². The summed E-state index contributed by atoms with van der Waals surface area (Å²) in [5.74, 6) is 1.01. The van der Waals surface area contributed by atoms with Gasteiger partial charge in [0.1, 0.15) is 5.82 Å². The van der Waals surface area contributed by atoms with E-state index in [0.717, 1.165) is 17.9 Å². The van der Waals surface area contributed by atoms with Gasteiger partial charge in [0.25, 0.3) is 0 Å². The number of halogens is 1. The van der Waals surface area contributed by atoms with Crippen LogP contribution in [0.1, 0.15) is 57.2 Å². The number of para-hydroxylation sites is 2. The Balaban J connectivity index is 2.02. The molecule has 1 fully saturated rings. The fourth-order valence-electron chi connectivity index (χ4n) is 3.51. The Hall–Kier alpha value is -1.02. The molecule has 0 amide bonds. The summed E-state index contributed by atoms with van der Waals surface area (Å²) in [6, 6.07) is 8.38. The molecule has 1 heterocycles. The standard InChI is InChI=1S/C17H23ClN2/c1-13(18)16-19-14-8-4-5-9-15(14)20(16)12-17(2)10-6-3-7-11-17/h4-5,8-9,13H,3,6-7,10-12H2,1-2H3. The van der Waals surface area contributed by atoms with Gasteiger partial charge in [-0.15, -0.1) is 11.6 Å². The molecule has 0 bridgehead atoms. The SMILES string of the molecule is CC(Cl)c1nc2ccccc2n1CC1(C)CCCCC1. The molecule has 1 aromatic carbocycles. The van der Waals surface area contributed by atoms with Crippen LogP contribution in [0.5, 0.6) is 0 Å². The minimum atomic E-state index is -0.0467. The summed E-state index contributed by atoms with van der Waals surface area (Å²) in [5.41, 5.74) is 2.68. The molecule has 1 unspecified atom stereocenters. The van der Waals surface area contributed by atoms with Crippen LogP contribution in [0.2, 0.25) is 0 Å². The molecule has 2 aromatic rings. The van der Waals surface area contributed by atoms with Crippen LogP contribution in [0.3, 0.4) is 0 Å². The summed E-state index contributed by atoms with van der Waals surface area (Å²) in [7, 11) is 0. The number of aromatic nitrogens is 2. The summed E-state index contributed by atoms with van der Waals surface area (Å²) < 4.78 is 2.36. The molecule has 3 heteroatoms. The molecule has 1 atom stereocenters. The van der Waals surface area contributed by atoms with Gasteiger partial charge in [-0.25, -0.2) is 4.98 Å². The lowest BCUT2D eigenvalue weighted by Crippen LogP contribution is -2.27. The largest absolute Gasteiger partial charge is 0.326 e. The zero-order chi connectivity index (χ0) is 14.2. The van der Waals surface area contributed by atoms with E-state index in [2.05, 4.69) is 29.7 Å². The highest BCUT2D eigenvalue weighted by Gasteiger charge is 2.29. The first-order chi connectivity index (χ1) is 9.59. The van der Waals surface area contributed by atoms with Crippen LogP contribution in [0.25, 0.3) is 11.0 Å². The lowest BCUT2D eigenvalue weighted by Gasteiger charge is -2.34. The summed E-state index contributed by atoms with van der Waals surface area (Å²) in [6.45, 7) is 5.48. The third-order valence-corrected chi connectivity index (χ3v) is 4.84. The van der Waals surface area contributed by atoms with Crippen LogP contribution in [0.15, 0.2) is 24.3 Å². The molecule has 1 aliphatic carbocycles. The number of benzene rings is 1. The maximum Gasteiger partial charge on any atom is 0.127 e. The summed E-state index contributed by atoms with van der Waals surface area (Å²) in [4.78, 5) is 4.74. The molecular formula is C17H23ClN2. The monoisotopic (exact) mass is 290 g/mol. The number of hydrogen-bond acceptors (Lipinski definition) is 1. The Labute approximate surface area is 126 Å². The van der Waals surface area contributed by atoms with Crippen molar-refractivity contribution in [2.45, 2.75) is 57.9 Å². The highest BCUT2D eigenvalue weighted by Crippen LogP contribution is 2.39. The van der Waals surface area contributed by atoms with Crippen LogP contribution < -0.4 is 0 Å². The van der Waals surface area contributed by atoms with Gasteiger partial charge in [-0.2, -0.15) is 0 Å². The summed E-state index contributed by atoms with van der Waals surface area (Å²) in [5, 5.41) is -0.0467. The predicted molar refractivity (Wildman–Crippen MR) is 85.2 cm³/mol. The van der Waals surface area contributed by atoms with Gasteiger partial charge >= 0.3 is 0 Å². The molecule has 3 rings (SSSR count). The smallest absolute Gasteiger partial charge is 0.127 e. The van der Waals surface area contributed by atoms with E-state index in [4.69, 9.17) is 16.6 Å². The number of nitrogens with zero attached hydrogens (tertiary/aromatic N) is 2. The minimum absolute atomic E-state index is 0.0467. The van der Waals surface area contributed by atoms with E-state index in [0.29, 0.717) is 5.41 Å². The molecule has 0 aliphatic heterocycles. The average molecular weight is 291 g/mol. The van der Waals surface area contributed by atoms with Gasteiger partial charge in [0.15, 0.2) is 0 Å². The topological polar surface area (TPSA) is 17.8 Å². The number of hydrogen-bond donors (Lipinski definition) is 0. The minimum Gasteiger partial charge on any atom is -0.326 e. The third-order valence-electron chi connectivity index (χ3n) is 4.64. The molecule has 0 radical (unpaired) electrons. The molecule has 2 nitrogen and oxygen atoms in total. The Bertz CT molecular complexity index is 594. The van der Waals surface area contributed by atoms with Gasteiger partial charge in [0, 0.05) is 6.54 Å². The van der Waals surface area contributed by atoms with Crippen molar-refractivity contribution >= 4 is 22.6 Å². The molecule has 1 aromatic heterocycles. The Morgan fingerprint density at radius 2 is 1.95 bits per heavy atom. The summed E-state index contributed by atoms with van der Waals surface area (Å²) in [6.07, 6.45) is 6.73. The number of rotatable bonds is 3. The van der Waals surface area contributed by atoms with Crippen molar-refractivity contribution in [2.24, 2.45) is 5.41 Å². The van der Waals surface area contributed by atoms with Crippen LogP contribution in [0.4, 0.5) is 0 Å². The van der Waals surface area contributed by atoms with E-state index < -0.39 is 0 Å². The predicted octanol–water partition coefficient (Wildman–Crippen LogP) is 5.31. The molecule has 1 saturated carbocycles. The molecule has 0 saturated heterocycles. The van der Waals surface area contributed by atoms with Crippen LogP contribution in [0, 0.1) is 5.41 Å². The second kappa shape index (κ2) is 5.40. The zero-order valence-electron chi connectivity index (χ0n) is 12.4. The number of fused-ring (bicyclic) bond motifs is 1. The highest BCUT2D eigenvalue weighted by molar-refractivity contribution is 6.20. The molecule has 0 N–H and O–H groups in total. The van der Waals surface area contributed by atoms with Crippen LogP contribution >= 0.6 is 11.6 Å². The first kappa shape index (κ1) is 13.9. The van der Waals surface area contributed by atoms with Gasteiger partial charge < -0.3 is 4.57 Å². The van der Waals surface area contributed by atoms with E-state index in [1.54, 1.807) is 0 Å². The molecule has 1 aliphatic rings. The second-order valence-electron chi connectivity index (χ2n) is 6.53. The fraction of sp³-hybridized carbons (Fsp3) is 0.588. The van der Waals surface area contributed by atoms with Crippen molar-refractivity contribution in [2.75, 3.05) is 0 Å². The first-order valence-electron chi connectivity index (χ1n) is 7.68. The van der Waals surface area contributed by atoms with Crippen molar-refractivity contribution in [1.82, 2.24) is 9.55 Å². The van der Waals surface area contributed by atoms with Crippen molar-refractivity contribution in [3.63, 3.8) is 0 Å². The molecule has 0 spiro atoms. The quantitative estimate of drug-likeness (QED) is 0.701. The van der Waals surface area contributed by atoms with Gasteiger partial charge in [0.05, 0.1) is 16.4 Å². The average Bonchev–Trinajstić information content (AvgIpc) is 2.78. The van der Waals surface area contributed by atoms with E-state index in [-0.39, 0.29) is 5.38 Å². The van der Waals surface area contributed by atoms with Crippen LogP contribution in [-0.2, 0) is 6.54 Å². The Morgan fingerprint density at radius 3 is 2.65 bits per heavy atom. The normalized spacial score (nSPS) is 20.1. The Kier molecular flexibility index (Phi) is 3.76. The van der Waals surface area contributed by atoms with Gasteiger partial charge in [-0.3, -0.25) is 0 Å². The highest BCUT2D eigenvalue weighted by atomic mass is 35.5. The van der Waals surface area contributed by atoms with E-state index in [1.807, 2.05) is 13.0 Å². The number of imidazole rings is 1. The van der Waals surface area contributed by atoms with Gasteiger partial charge in [0.2, 0.25) is 0 Å². The van der Waals surface area contributed by atoms with Crippen LogP contribution in [-0.4, -0.2) is 9.55 Å². The lowest BCUT2D eigenvalue weighted by atomic mass is 9.75. The maximum absolute atomic E-state index is 6.36. The van der Waals surface area contributed by atoms with Gasteiger partial charge in [-0.1, -0.05) is 38.3 Å². The fourth-order valence-corrected chi connectivity index (χ4v) is 3.68. The summed E-state index contributed by atoms with van der Waals surface area (Å²) >= 11 is 6.36. The zero-order valence-corrected chi connectivity index (χ0v) is 13.2. The lowest BCUT2D eigenvalue weighted by molar-refractivity contribution is 0.183. The Morgan fingerprint density at radius 1 is 1.25 bits per heavy atom.